The number of carbonyl (C=O) groups excluding carboxylic acids is 1. The van der Waals surface area contributed by atoms with Gasteiger partial charge in [0.2, 0.25) is 0 Å². The Morgan fingerprint density at radius 1 is 1.37 bits per heavy atom. The molecule has 0 atom stereocenters. The van der Waals surface area contributed by atoms with Crippen molar-refractivity contribution < 1.29 is 4.79 Å². The van der Waals surface area contributed by atoms with Crippen molar-refractivity contribution in [3.63, 3.8) is 0 Å². The predicted molar refractivity (Wildman–Crippen MR) is 114 cm³/mol. The monoisotopic (exact) mass is 389 g/mol. The molecular formula is C20H31N5OS. The average molecular weight is 390 g/mol. The highest BCUT2D eigenvalue weighted by Crippen LogP contribution is 2.31. The zero-order chi connectivity index (χ0) is 19.5. The number of nitrogens with one attached hydrogen (secondary N) is 2. The first-order valence-corrected chi connectivity index (χ1v) is 10.6. The van der Waals surface area contributed by atoms with Crippen molar-refractivity contribution in [2.75, 3.05) is 30.7 Å². The summed E-state index contributed by atoms with van der Waals surface area (Å²) in [5.41, 5.74) is 9.02. The first kappa shape index (κ1) is 20.2. The molecule has 2 aliphatic heterocycles. The van der Waals surface area contributed by atoms with Crippen LogP contribution in [-0.4, -0.2) is 53.0 Å². The number of piperidine rings is 1. The number of hydrogen-bond acceptors (Lipinski definition) is 6. The molecule has 0 unspecified atom stereocenters. The molecule has 2 aliphatic rings. The van der Waals surface area contributed by atoms with Gasteiger partial charge in [0.15, 0.2) is 0 Å². The van der Waals surface area contributed by atoms with Crippen molar-refractivity contribution in [3.8, 4) is 0 Å². The molecule has 0 bridgehead atoms. The Balaban J connectivity index is 1.46. The fraction of sp³-hybridized carbons (Fsp3) is 0.600. The maximum Gasteiger partial charge on any atom is 0.253 e. The molecule has 1 aromatic carbocycles. The van der Waals surface area contributed by atoms with Gasteiger partial charge in [-0.05, 0) is 63.3 Å². The Kier molecular flexibility index (Phi) is 6.13. The van der Waals surface area contributed by atoms with Crippen LogP contribution in [0, 0.1) is 6.92 Å². The van der Waals surface area contributed by atoms with Gasteiger partial charge in [0, 0.05) is 36.6 Å². The van der Waals surface area contributed by atoms with E-state index >= 15 is 0 Å². The van der Waals surface area contributed by atoms with Crippen molar-refractivity contribution in [3.05, 3.63) is 29.3 Å². The highest BCUT2D eigenvalue weighted by atomic mass is 32.2. The van der Waals surface area contributed by atoms with E-state index in [9.17, 15) is 4.79 Å². The van der Waals surface area contributed by atoms with Crippen LogP contribution in [0.3, 0.4) is 0 Å². The van der Waals surface area contributed by atoms with E-state index in [1.54, 1.807) is 6.34 Å². The van der Waals surface area contributed by atoms with Gasteiger partial charge in [-0.2, -0.15) is 0 Å². The Bertz CT molecular complexity index is 710. The molecule has 1 aromatic rings. The molecule has 2 heterocycles. The molecule has 1 fully saturated rings. The highest BCUT2D eigenvalue weighted by Gasteiger charge is 2.43. The molecule has 6 nitrogen and oxygen atoms in total. The summed E-state index contributed by atoms with van der Waals surface area (Å²) in [6.45, 7) is 8.79. The van der Waals surface area contributed by atoms with Gasteiger partial charge in [-0.1, -0.05) is 18.0 Å². The number of rotatable bonds is 7. The number of hydrogen-bond donors (Lipinski definition) is 3. The fourth-order valence-electron chi connectivity index (χ4n) is 3.53. The number of amides is 1. The van der Waals surface area contributed by atoms with Gasteiger partial charge in [0.25, 0.3) is 5.91 Å². The Morgan fingerprint density at radius 3 is 2.70 bits per heavy atom. The molecule has 4 N–H and O–H groups in total. The summed E-state index contributed by atoms with van der Waals surface area (Å²) in [5.74, 6) is 1.11. The lowest BCUT2D eigenvalue weighted by atomic mass is 9.89. The van der Waals surface area contributed by atoms with Crippen LogP contribution in [0.4, 0.5) is 5.69 Å². The second-order valence-electron chi connectivity index (χ2n) is 8.13. The number of benzene rings is 1. The first-order chi connectivity index (χ1) is 12.8. The molecule has 7 heteroatoms. The SMILES string of the molecule is Cc1cc(NC(C)(C)CN)ccc1CCSN1CCC2(CC1)N=CNC2=O. The number of nitrogens with zero attached hydrogens (tertiary/aromatic N) is 2. The van der Waals surface area contributed by atoms with Crippen molar-refractivity contribution in [2.45, 2.75) is 51.1 Å². The van der Waals surface area contributed by atoms with Crippen LogP contribution in [-0.2, 0) is 11.2 Å². The lowest BCUT2D eigenvalue weighted by Gasteiger charge is -2.34. The first-order valence-electron chi connectivity index (χ1n) is 9.64. The predicted octanol–water partition coefficient (Wildman–Crippen LogP) is 2.33. The molecule has 148 valence electrons. The van der Waals surface area contributed by atoms with Crippen LogP contribution in [0.1, 0.15) is 37.8 Å². The minimum atomic E-state index is -0.492. The van der Waals surface area contributed by atoms with E-state index in [2.05, 4.69) is 58.9 Å². The van der Waals surface area contributed by atoms with E-state index in [0.29, 0.717) is 6.54 Å². The van der Waals surface area contributed by atoms with Crippen LogP contribution >= 0.6 is 11.9 Å². The minimum absolute atomic E-state index is 0.0642. The molecule has 27 heavy (non-hydrogen) atoms. The molecule has 0 aliphatic carbocycles. The normalized spacial score (nSPS) is 19.5. The molecular weight excluding hydrogens is 358 g/mol. The second-order valence-corrected chi connectivity index (χ2v) is 9.31. The van der Waals surface area contributed by atoms with Crippen molar-refractivity contribution >= 4 is 29.9 Å². The largest absolute Gasteiger partial charge is 0.379 e. The number of anilines is 1. The van der Waals surface area contributed by atoms with Crippen LogP contribution in [0.25, 0.3) is 0 Å². The lowest BCUT2D eigenvalue weighted by Crippen LogP contribution is -2.47. The van der Waals surface area contributed by atoms with Crippen molar-refractivity contribution in [1.82, 2.24) is 9.62 Å². The summed E-state index contributed by atoms with van der Waals surface area (Å²) in [4.78, 5) is 16.3. The fourth-order valence-corrected chi connectivity index (χ4v) is 4.54. The summed E-state index contributed by atoms with van der Waals surface area (Å²) < 4.78 is 2.38. The zero-order valence-electron chi connectivity index (χ0n) is 16.5. The molecule has 1 spiro atoms. The quantitative estimate of drug-likeness (QED) is 0.624. The van der Waals surface area contributed by atoms with Crippen molar-refractivity contribution in [2.24, 2.45) is 10.7 Å². The maximum atomic E-state index is 12.0. The topological polar surface area (TPSA) is 82.8 Å². The molecule has 3 rings (SSSR count). The van der Waals surface area contributed by atoms with E-state index in [0.717, 1.165) is 43.8 Å². The molecule has 0 radical (unpaired) electrons. The van der Waals surface area contributed by atoms with Gasteiger partial charge >= 0.3 is 0 Å². The van der Waals surface area contributed by atoms with E-state index in [1.165, 1.54) is 11.1 Å². The van der Waals surface area contributed by atoms with Gasteiger partial charge in [-0.25, -0.2) is 0 Å². The average Bonchev–Trinajstić information content (AvgIpc) is 2.98. The second kappa shape index (κ2) is 8.20. The summed E-state index contributed by atoms with van der Waals surface area (Å²) in [6, 6.07) is 6.57. The summed E-state index contributed by atoms with van der Waals surface area (Å²) in [6.07, 6.45) is 4.20. The molecule has 1 amide bonds. The van der Waals surface area contributed by atoms with Crippen molar-refractivity contribution in [1.29, 1.82) is 0 Å². The smallest absolute Gasteiger partial charge is 0.253 e. The lowest BCUT2D eigenvalue weighted by molar-refractivity contribution is -0.124. The maximum absolute atomic E-state index is 12.0. The van der Waals surface area contributed by atoms with Gasteiger partial charge in [-0.3, -0.25) is 14.1 Å². The van der Waals surface area contributed by atoms with Crippen LogP contribution in [0.5, 0.6) is 0 Å². The van der Waals surface area contributed by atoms with Gasteiger partial charge < -0.3 is 16.4 Å². The number of carbonyl (C=O) groups is 1. The Morgan fingerprint density at radius 2 is 2.11 bits per heavy atom. The summed E-state index contributed by atoms with van der Waals surface area (Å²) in [7, 11) is 0. The summed E-state index contributed by atoms with van der Waals surface area (Å²) in [5, 5.41) is 6.21. The molecule has 1 saturated heterocycles. The molecule has 0 aromatic heterocycles. The standard InChI is InChI=1S/C20H31N5OS/c1-15-12-17(24-19(2,3)13-21)5-4-16(15)6-11-27-25-9-7-20(8-10-25)18(26)22-14-23-20/h4-5,12,14,24H,6-11,13,21H2,1-3H3,(H,22,23,26). The van der Waals surface area contributed by atoms with Gasteiger partial charge in [0.05, 0.1) is 6.34 Å². The van der Waals surface area contributed by atoms with E-state index in [-0.39, 0.29) is 11.4 Å². The van der Waals surface area contributed by atoms with Crippen LogP contribution in [0.15, 0.2) is 23.2 Å². The Labute approximate surface area is 166 Å². The van der Waals surface area contributed by atoms with E-state index in [1.807, 2.05) is 11.9 Å². The number of aliphatic imine (C=N–C) groups is 1. The van der Waals surface area contributed by atoms with Crippen LogP contribution in [0.2, 0.25) is 0 Å². The Hall–Kier alpha value is -1.57. The molecule has 0 saturated carbocycles. The van der Waals surface area contributed by atoms with E-state index < -0.39 is 5.54 Å². The van der Waals surface area contributed by atoms with E-state index in [4.69, 9.17) is 5.73 Å². The third-order valence-electron chi connectivity index (χ3n) is 5.46. The number of nitrogens with two attached hydrogens (primary N) is 1. The van der Waals surface area contributed by atoms with Crippen LogP contribution < -0.4 is 16.4 Å². The third kappa shape index (κ3) is 4.83. The summed E-state index contributed by atoms with van der Waals surface area (Å²) >= 11 is 1.88. The number of aryl methyl sites for hydroxylation is 2. The zero-order valence-corrected chi connectivity index (χ0v) is 17.4. The highest BCUT2D eigenvalue weighted by molar-refractivity contribution is 7.97. The van der Waals surface area contributed by atoms with Gasteiger partial charge in [-0.15, -0.1) is 0 Å². The minimum Gasteiger partial charge on any atom is -0.379 e. The van der Waals surface area contributed by atoms with Gasteiger partial charge in [0.1, 0.15) is 5.54 Å². The third-order valence-corrected chi connectivity index (χ3v) is 6.58.